The van der Waals surface area contributed by atoms with Crippen LogP contribution in [0.2, 0.25) is 0 Å². The molecule has 0 N–H and O–H groups in total. The van der Waals surface area contributed by atoms with Crippen molar-refractivity contribution in [3.63, 3.8) is 0 Å². The maximum absolute atomic E-state index is 12.3. The van der Waals surface area contributed by atoms with Gasteiger partial charge in [-0.15, -0.1) is 5.10 Å². The Balaban J connectivity index is 1.60. The summed E-state index contributed by atoms with van der Waals surface area (Å²) in [6.07, 6.45) is 2.85. The lowest BCUT2D eigenvalue weighted by Crippen LogP contribution is -2.39. The molecule has 1 fully saturated rings. The van der Waals surface area contributed by atoms with Crippen LogP contribution in [0.4, 0.5) is 0 Å². The highest BCUT2D eigenvalue weighted by molar-refractivity contribution is 7.91. The fourth-order valence-corrected chi connectivity index (χ4v) is 3.56. The van der Waals surface area contributed by atoms with Crippen LogP contribution in [-0.4, -0.2) is 48.3 Å². The van der Waals surface area contributed by atoms with Gasteiger partial charge < -0.3 is 14.1 Å². The molecular formula is C16H19N3O5S. The molecule has 1 aliphatic heterocycles. The lowest BCUT2D eigenvalue weighted by atomic mass is 10.1. The van der Waals surface area contributed by atoms with Crippen LogP contribution in [0.3, 0.4) is 0 Å². The Morgan fingerprint density at radius 3 is 2.56 bits per heavy atom. The van der Waals surface area contributed by atoms with Crippen LogP contribution in [-0.2, 0) is 21.2 Å². The van der Waals surface area contributed by atoms with Crippen molar-refractivity contribution in [2.75, 3.05) is 18.8 Å². The van der Waals surface area contributed by atoms with E-state index in [0.717, 1.165) is 19.3 Å². The first-order valence-electron chi connectivity index (χ1n) is 8.05. The second-order valence-corrected chi connectivity index (χ2v) is 7.63. The van der Waals surface area contributed by atoms with E-state index in [1.807, 2.05) is 18.2 Å². The number of para-hydroxylation sites is 1. The predicted molar refractivity (Wildman–Crippen MR) is 87.6 cm³/mol. The molecule has 1 aliphatic rings. The number of hydrogen-bond donors (Lipinski definition) is 0. The SMILES string of the molecule is O=C(CS(=O)(=O)c1nnc(COc2ccccc2)o1)N1CCCCC1. The molecule has 1 aromatic heterocycles. The van der Waals surface area contributed by atoms with Crippen molar-refractivity contribution in [1.82, 2.24) is 15.1 Å². The minimum atomic E-state index is -3.96. The van der Waals surface area contributed by atoms with Gasteiger partial charge in [0, 0.05) is 13.1 Å². The normalized spacial score (nSPS) is 15.1. The number of piperidine rings is 1. The minimum Gasteiger partial charge on any atom is -0.484 e. The molecule has 2 aromatic rings. The second-order valence-electron chi connectivity index (χ2n) is 5.76. The molecular weight excluding hydrogens is 346 g/mol. The van der Waals surface area contributed by atoms with Crippen LogP contribution < -0.4 is 4.74 Å². The number of nitrogens with zero attached hydrogens (tertiary/aromatic N) is 3. The zero-order valence-electron chi connectivity index (χ0n) is 13.6. The van der Waals surface area contributed by atoms with Gasteiger partial charge in [0.25, 0.3) is 5.89 Å². The Hall–Kier alpha value is -2.42. The molecule has 1 aromatic carbocycles. The number of likely N-dealkylation sites (tertiary alicyclic amines) is 1. The Morgan fingerprint density at radius 2 is 1.84 bits per heavy atom. The van der Waals surface area contributed by atoms with E-state index >= 15 is 0 Å². The summed E-state index contributed by atoms with van der Waals surface area (Å²) in [5.74, 6) is -0.452. The van der Waals surface area contributed by atoms with Crippen molar-refractivity contribution in [2.24, 2.45) is 0 Å². The van der Waals surface area contributed by atoms with Crippen LogP contribution in [0.1, 0.15) is 25.2 Å². The molecule has 0 spiro atoms. The molecule has 8 nitrogen and oxygen atoms in total. The van der Waals surface area contributed by atoms with Gasteiger partial charge in [0.05, 0.1) is 0 Å². The Labute approximate surface area is 145 Å². The van der Waals surface area contributed by atoms with E-state index in [9.17, 15) is 13.2 Å². The molecule has 1 amide bonds. The van der Waals surface area contributed by atoms with Gasteiger partial charge in [0.15, 0.2) is 6.61 Å². The van der Waals surface area contributed by atoms with E-state index in [0.29, 0.717) is 18.8 Å². The minimum absolute atomic E-state index is 0.0350. The van der Waals surface area contributed by atoms with Crippen LogP contribution in [0.15, 0.2) is 40.0 Å². The molecule has 0 atom stereocenters. The molecule has 134 valence electrons. The Kier molecular flexibility index (Phi) is 5.32. The van der Waals surface area contributed by atoms with Crippen molar-refractivity contribution in [3.05, 3.63) is 36.2 Å². The summed E-state index contributed by atoms with van der Waals surface area (Å²) in [7, 11) is -3.96. The molecule has 3 rings (SSSR count). The number of carbonyl (C=O) groups excluding carboxylic acids is 1. The number of ether oxygens (including phenoxy) is 1. The number of hydrogen-bond acceptors (Lipinski definition) is 7. The molecule has 0 unspecified atom stereocenters. The summed E-state index contributed by atoms with van der Waals surface area (Å²) in [6.45, 7) is 1.13. The van der Waals surface area contributed by atoms with Crippen molar-refractivity contribution in [2.45, 2.75) is 31.1 Å². The Bertz CT molecular complexity index is 813. The molecule has 1 saturated heterocycles. The van der Waals surface area contributed by atoms with Crippen molar-refractivity contribution in [3.8, 4) is 5.75 Å². The van der Waals surface area contributed by atoms with Gasteiger partial charge in [0.2, 0.25) is 15.7 Å². The first kappa shape index (κ1) is 17.4. The molecule has 2 heterocycles. The summed E-state index contributed by atoms with van der Waals surface area (Å²) in [4.78, 5) is 13.7. The topological polar surface area (TPSA) is 103 Å². The third-order valence-corrected chi connectivity index (χ3v) is 5.17. The number of sulfone groups is 1. The summed E-state index contributed by atoms with van der Waals surface area (Å²) < 4.78 is 35.2. The van der Waals surface area contributed by atoms with Gasteiger partial charge in [-0.1, -0.05) is 23.3 Å². The van der Waals surface area contributed by atoms with E-state index in [2.05, 4.69) is 10.2 Å². The van der Waals surface area contributed by atoms with Gasteiger partial charge in [-0.2, -0.15) is 0 Å². The number of rotatable bonds is 6. The van der Waals surface area contributed by atoms with Crippen molar-refractivity contribution in [1.29, 1.82) is 0 Å². The van der Waals surface area contributed by atoms with Crippen LogP contribution in [0.5, 0.6) is 5.75 Å². The molecule has 25 heavy (non-hydrogen) atoms. The van der Waals surface area contributed by atoms with Crippen molar-refractivity contribution < 1.29 is 22.4 Å². The molecule has 0 radical (unpaired) electrons. The fourth-order valence-electron chi connectivity index (χ4n) is 2.54. The summed E-state index contributed by atoms with van der Waals surface area (Å²) in [5.41, 5.74) is 0. The quantitative estimate of drug-likeness (QED) is 0.763. The van der Waals surface area contributed by atoms with E-state index in [4.69, 9.17) is 9.15 Å². The molecule has 0 saturated carbocycles. The predicted octanol–water partition coefficient (Wildman–Crippen LogP) is 1.43. The highest BCUT2D eigenvalue weighted by Gasteiger charge is 2.29. The third kappa shape index (κ3) is 4.56. The van der Waals surface area contributed by atoms with E-state index in [1.54, 1.807) is 17.0 Å². The molecule has 0 aliphatic carbocycles. The van der Waals surface area contributed by atoms with E-state index in [-0.39, 0.29) is 12.5 Å². The van der Waals surface area contributed by atoms with Crippen LogP contribution >= 0.6 is 0 Å². The number of benzene rings is 1. The number of carbonyl (C=O) groups is 1. The van der Waals surface area contributed by atoms with E-state index < -0.39 is 26.7 Å². The maximum Gasteiger partial charge on any atom is 0.336 e. The zero-order chi connectivity index (χ0) is 17.7. The van der Waals surface area contributed by atoms with Gasteiger partial charge in [-0.05, 0) is 31.4 Å². The highest BCUT2D eigenvalue weighted by Crippen LogP contribution is 2.15. The van der Waals surface area contributed by atoms with Gasteiger partial charge >= 0.3 is 5.22 Å². The zero-order valence-corrected chi connectivity index (χ0v) is 14.4. The summed E-state index contributed by atoms with van der Waals surface area (Å²) in [6, 6.07) is 8.98. The first-order valence-corrected chi connectivity index (χ1v) is 9.70. The van der Waals surface area contributed by atoms with E-state index in [1.165, 1.54) is 0 Å². The number of aromatic nitrogens is 2. The number of amides is 1. The monoisotopic (exact) mass is 365 g/mol. The lowest BCUT2D eigenvalue weighted by Gasteiger charge is -2.26. The largest absolute Gasteiger partial charge is 0.484 e. The average Bonchev–Trinajstić information content (AvgIpc) is 3.11. The average molecular weight is 365 g/mol. The summed E-state index contributed by atoms with van der Waals surface area (Å²) >= 11 is 0. The standard InChI is InChI=1S/C16H19N3O5S/c20-15(19-9-5-2-6-10-19)12-25(21,22)16-18-17-14(24-16)11-23-13-7-3-1-4-8-13/h1,3-4,7-8H,2,5-6,9-12H2. The second kappa shape index (κ2) is 7.64. The lowest BCUT2D eigenvalue weighted by molar-refractivity contribution is -0.129. The Morgan fingerprint density at radius 1 is 1.12 bits per heavy atom. The van der Waals surface area contributed by atoms with Gasteiger partial charge in [0.1, 0.15) is 11.5 Å². The molecule has 0 bridgehead atoms. The molecule has 9 heteroatoms. The van der Waals surface area contributed by atoms with Crippen LogP contribution in [0.25, 0.3) is 0 Å². The van der Waals surface area contributed by atoms with Crippen molar-refractivity contribution >= 4 is 15.7 Å². The van der Waals surface area contributed by atoms with Gasteiger partial charge in [-0.3, -0.25) is 4.79 Å². The third-order valence-electron chi connectivity index (χ3n) is 3.84. The first-order chi connectivity index (χ1) is 12.0. The summed E-state index contributed by atoms with van der Waals surface area (Å²) in [5, 5.41) is 6.66. The van der Waals surface area contributed by atoms with Gasteiger partial charge in [-0.25, -0.2) is 8.42 Å². The van der Waals surface area contributed by atoms with Crippen LogP contribution in [0, 0.1) is 0 Å². The maximum atomic E-state index is 12.3. The smallest absolute Gasteiger partial charge is 0.336 e. The fraction of sp³-hybridized carbons (Fsp3) is 0.438. The highest BCUT2D eigenvalue weighted by atomic mass is 32.2.